The zero-order valence-electron chi connectivity index (χ0n) is 16.2. The van der Waals surface area contributed by atoms with Crippen molar-refractivity contribution in [1.82, 2.24) is 0 Å². The Bertz CT molecular complexity index is 456. The van der Waals surface area contributed by atoms with Gasteiger partial charge in [0.2, 0.25) is 0 Å². The monoisotopic (exact) mass is 320 g/mol. The number of allylic oxidation sites excluding steroid dienone is 2. The fraction of sp³-hybridized carbons (Fsp3) is 0.857. The van der Waals surface area contributed by atoms with E-state index in [1.807, 2.05) is 0 Å². The van der Waals surface area contributed by atoms with Crippen LogP contribution in [-0.2, 0) is 9.53 Å². The second-order valence-corrected chi connectivity index (χ2v) is 9.22. The third-order valence-corrected chi connectivity index (χ3v) is 6.31. The number of rotatable bonds is 5. The first kappa shape index (κ1) is 18.5. The van der Waals surface area contributed by atoms with E-state index in [4.69, 9.17) is 4.74 Å². The highest BCUT2D eigenvalue weighted by Crippen LogP contribution is 2.61. The molecule has 23 heavy (non-hydrogen) atoms. The van der Waals surface area contributed by atoms with E-state index in [0.29, 0.717) is 23.7 Å². The molecule has 0 N–H and O–H groups in total. The van der Waals surface area contributed by atoms with Crippen LogP contribution in [0.25, 0.3) is 0 Å². The predicted octanol–water partition coefficient (Wildman–Crippen LogP) is 5.62. The van der Waals surface area contributed by atoms with Crippen molar-refractivity contribution in [2.24, 2.45) is 35.0 Å². The fourth-order valence-electron chi connectivity index (χ4n) is 4.49. The first-order valence-electron chi connectivity index (χ1n) is 9.48. The molecule has 2 rings (SSSR count). The molecular formula is C21H36O2. The van der Waals surface area contributed by atoms with E-state index in [1.54, 1.807) is 0 Å². The van der Waals surface area contributed by atoms with Crippen molar-refractivity contribution in [3.63, 3.8) is 0 Å². The Morgan fingerprint density at radius 2 is 1.91 bits per heavy atom. The van der Waals surface area contributed by atoms with E-state index in [9.17, 15) is 4.79 Å². The van der Waals surface area contributed by atoms with E-state index in [-0.39, 0.29) is 23.4 Å². The molecule has 0 amide bonds. The van der Waals surface area contributed by atoms with Crippen molar-refractivity contribution in [1.29, 1.82) is 0 Å². The summed E-state index contributed by atoms with van der Waals surface area (Å²) in [5.41, 5.74) is 1.43. The van der Waals surface area contributed by atoms with Crippen LogP contribution < -0.4 is 0 Å². The van der Waals surface area contributed by atoms with E-state index in [0.717, 1.165) is 12.8 Å². The zero-order valence-corrected chi connectivity index (χ0v) is 16.2. The topological polar surface area (TPSA) is 26.3 Å². The molecule has 0 aromatic carbocycles. The Kier molecular flexibility index (Phi) is 5.63. The third-order valence-electron chi connectivity index (χ3n) is 6.31. The molecule has 2 saturated carbocycles. The molecule has 0 bridgehead atoms. The van der Waals surface area contributed by atoms with Gasteiger partial charge in [-0.1, -0.05) is 52.7 Å². The molecule has 0 radical (unpaired) electrons. The summed E-state index contributed by atoms with van der Waals surface area (Å²) in [7, 11) is 0. The van der Waals surface area contributed by atoms with Crippen LogP contribution in [0.4, 0.5) is 0 Å². The van der Waals surface area contributed by atoms with Crippen molar-refractivity contribution in [2.45, 2.75) is 80.3 Å². The molecule has 0 aromatic heterocycles. The van der Waals surface area contributed by atoms with Crippen molar-refractivity contribution in [2.75, 3.05) is 0 Å². The van der Waals surface area contributed by atoms with Crippen LogP contribution in [0.15, 0.2) is 11.6 Å². The quantitative estimate of drug-likeness (QED) is 0.485. The third kappa shape index (κ3) is 4.19. The molecule has 5 unspecified atom stereocenters. The molecule has 5 atom stereocenters. The van der Waals surface area contributed by atoms with Gasteiger partial charge in [-0.3, -0.25) is 4.79 Å². The summed E-state index contributed by atoms with van der Waals surface area (Å²) >= 11 is 0. The van der Waals surface area contributed by atoms with Crippen LogP contribution in [0.1, 0.15) is 74.1 Å². The highest BCUT2D eigenvalue weighted by molar-refractivity contribution is 5.78. The fourth-order valence-corrected chi connectivity index (χ4v) is 4.49. The smallest absolute Gasteiger partial charge is 0.310 e. The molecule has 2 aliphatic carbocycles. The number of hydrogen-bond donors (Lipinski definition) is 0. The lowest BCUT2D eigenvalue weighted by molar-refractivity contribution is -0.158. The first-order valence-corrected chi connectivity index (χ1v) is 9.48. The van der Waals surface area contributed by atoms with Gasteiger partial charge in [-0.2, -0.15) is 0 Å². The minimum atomic E-state index is 0.0620. The molecular weight excluding hydrogens is 284 g/mol. The van der Waals surface area contributed by atoms with Crippen LogP contribution in [0.3, 0.4) is 0 Å². The maximum Gasteiger partial charge on any atom is 0.310 e. The molecule has 0 heterocycles. The summed E-state index contributed by atoms with van der Waals surface area (Å²) in [4.78, 5) is 12.8. The van der Waals surface area contributed by atoms with Crippen LogP contribution in [0.5, 0.6) is 0 Å². The lowest BCUT2D eigenvalue weighted by Crippen LogP contribution is -2.36. The zero-order chi connectivity index (χ0) is 17.4. The van der Waals surface area contributed by atoms with E-state index in [1.165, 1.54) is 18.4 Å². The average molecular weight is 321 g/mol. The van der Waals surface area contributed by atoms with Gasteiger partial charge in [0.1, 0.15) is 6.10 Å². The molecule has 2 fully saturated rings. The summed E-state index contributed by atoms with van der Waals surface area (Å²) in [6.07, 6.45) is 6.91. The van der Waals surface area contributed by atoms with Gasteiger partial charge in [0.15, 0.2) is 0 Å². The Labute approximate surface area is 143 Å². The second-order valence-electron chi connectivity index (χ2n) is 9.22. The van der Waals surface area contributed by atoms with Crippen LogP contribution in [0.2, 0.25) is 0 Å². The van der Waals surface area contributed by atoms with Gasteiger partial charge in [0.05, 0.1) is 5.92 Å². The highest BCUT2D eigenvalue weighted by Gasteiger charge is 2.62. The predicted molar refractivity (Wildman–Crippen MR) is 96.0 cm³/mol. The molecule has 0 spiro atoms. The molecule has 2 nitrogen and oxygen atoms in total. The molecule has 2 aliphatic rings. The molecule has 132 valence electrons. The second kappa shape index (κ2) is 6.99. The van der Waals surface area contributed by atoms with Crippen LogP contribution in [-0.4, -0.2) is 12.1 Å². The summed E-state index contributed by atoms with van der Waals surface area (Å²) in [5, 5.41) is 0. The van der Waals surface area contributed by atoms with Crippen LogP contribution in [0, 0.1) is 35.0 Å². The molecule has 0 aliphatic heterocycles. The number of carbonyl (C=O) groups excluding carboxylic acids is 1. The van der Waals surface area contributed by atoms with Gasteiger partial charge in [-0.15, -0.1) is 0 Å². The largest absolute Gasteiger partial charge is 0.462 e. The van der Waals surface area contributed by atoms with Crippen molar-refractivity contribution >= 4 is 5.97 Å². The van der Waals surface area contributed by atoms with Crippen molar-refractivity contribution in [3.05, 3.63) is 11.6 Å². The lowest BCUT2D eigenvalue weighted by atomic mass is 9.75. The Hall–Kier alpha value is -0.790. The molecule has 2 heteroatoms. The van der Waals surface area contributed by atoms with Crippen LogP contribution >= 0.6 is 0 Å². The van der Waals surface area contributed by atoms with Gasteiger partial charge in [-0.05, 0) is 62.2 Å². The molecule has 0 saturated heterocycles. The van der Waals surface area contributed by atoms with Gasteiger partial charge in [0, 0.05) is 0 Å². The molecule has 0 aromatic rings. The average Bonchev–Trinajstić information content (AvgIpc) is 2.97. The summed E-state index contributed by atoms with van der Waals surface area (Å²) in [6.45, 7) is 15.5. The summed E-state index contributed by atoms with van der Waals surface area (Å²) in [6, 6.07) is 0. The highest BCUT2D eigenvalue weighted by atomic mass is 16.5. The van der Waals surface area contributed by atoms with E-state index < -0.39 is 0 Å². The standard InChI is InChI=1S/C21H36O2/c1-13(2)8-11-17-19(21(17,6)7)20(22)23-18-12-15(5)9-10-16(18)14(3)4/h8,14-19H,9-12H2,1-7H3. The number of hydrogen-bond acceptors (Lipinski definition) is 2. The SMILES string of the molecule is CC(C)=CCC1C(C(=O)OC2CC(C)CCC2C(C)C)C1(C)C. The Balaban J connectivity index is 1.99. The minimum Gasteiger partial charge on any atom is -0.462 e. The van der Waals surface area contributed by atoms with E-state index in [2.05, 4.69) is 54.5 Å². The summed E-state index contributed by atoms with van der Waals surface area (Å²) < 4.78 is 6.07. The number of ether oxygens (including phenoxy) is 1. The number of esters is 1. The van der Waals surface area contributed by atoms with E-state index >= 15 is 0 Å². The first-order chi connectivity index (χ1) is 10.6. The van der Waals surface area contributed by atoms with Gasteiger partial charge < -0.3 is 4.74 Å². The summed E-state index contributed by atoms with van der Waals surface area (Å²) in [5.74, 6) is 2.40. The van der Waals surface area contributed by atoms with Gasteiger partial charge in [-0.25, -0.2) is 0 Å². The lowest BCUT2D eigenvalue weighted by Gasteiger charge is -2.36. The minimum absolute atomic E-state index is 0.0620. The normalized spacial score (nSPS) is 35.7. The van der Waals surface area contributed by atoms with Crippen molar-refractivity contribution < 1.29 is 9.53 Å². The van der Waals surface area contributed by atoms with Gasteiger partial charge in [0.25, 0.3) is 0 Å². The maximum absolute atomic E-state index is 12.8. The Morgan fingerprint density at radius 1 is 1.26 bits per heavy atom. The van der Waals surface area contributed by atoms with Crippen molar-refractivity contribution in [3.8, 4) is 0 Å². The maximum atomic E-state index is 12.8. The van der Waals surface area contributed by atoms with Gasteiger partial charge >= 0.3 is 5.97 Å². The number of carbonyl (C=O) groups is 1. The Morgan fingerprint density at radius 3 is 2.48 bits per heavy atom.